The molecule has 3 aromatic rings. The van der Waals surface area contributed by atoms with Gasteiger partial charge in [-0.05, 0) is 28.1 Å². The number of halogens is 1. The molecule has 104 valence electrons. The molecule has 6 nitrogen and oxygen atoms in total. The first-order valence-corrected chi connectivity index (χ1v) is 7.01. The largest absolute Gasteiger partial charge is 0.453 e. The summed E-state index contributed by atoms with van der Waals surface area (Å²) < 4.78 is 11.6. The molecular weight excluding hydrogens is 336 g/mol. The summed E-state index contributed by atoms with van der Waals surface area (Å²) in [5.74, 6) is 2.14. The first-order valence-electron chi connectivity index (χ1n) is 6.22. The van der Waals surface area contributed by atoms with E-state index in [1.54, 1.807) is 12.4 Å². The molecule has 4 rings (SSSR count). The van der Waals surface area contributed by atoms with Crippen LogP contribution in [-0.2, 0) is 0 Å². The van der Waals surface area contributed by atoms with Gasteiger partial charge in [0.15, 0.2) is 11.5 Å². The highest BCUT2D eigenvalue weighted by Crippen LogP contribution is 2.42. The molecule has 7 heteroatoms. The number of aromatic nitrogens is 3. The van der Waals surface area contributed by atoms with Gasteiger partial charge in [0.2, 0.25) is 6.79 Å². The Kier molecular flexibility index (Phi) is 2.85. The predicted octanol–water partition coefficient (Wildman–Crippen LogP) is 3.26. The van der Waals surface area contributed by atoms with Gasteiger partial charge in [-0.2, -0.15) is 0 Å². The lowest BCUT2D eigenvalue weighted by atomic mass is 10.2. The predicted molar refractivity (Wildman–Crippen MR) is 80.9 cm³/mol. The van der Waals surface area contributed by atoms with Crippen LogP contribution < -0.4 is 14.8 Å². The van der Waals surface area contributed by atoms with Crippen LogP contribution in [-0.4, -0.2) is 21.7 Å². The van der Waals surface area contributed by atoms with E-state index in [1.807, 2.05) is 18.2 Å². The number of pyridine rings is 1. The summed E-state index contributed by atoms with van der Waals surface area (Å²) in [6, 6.07) is 5.67. The summed E-state index contributed by atoms with van der Waals surface area (Å²) in [6.07, 6.45) is 4.93. The summed E-state index contributed by atoms with van der Waals surface area (Å²) in [7, 11) is 0. The van der Waals surface area contributed by atoms with Crippen LogP contribution in [0.3, 0.4) is 0 Å². The molecule has 1 aromatic carbocycles. The minimum absolute atomic E-state index is 0.236. The van der Waals surface area contributed by atoms with E-state index in [4.69, 9.17) is 9.47 Å². The highest BCUT2D eigenvalue weighted by molar-refractivity contribution is 9.10. The van der Waals surface area contributed by atoms with Crippen LogP contribution in [0.2, 0.25) is 0 Å². The molecule has 1 N–H and O–H groups in total. The van der Waals surface area contributed by atoms with E-state index in [-0.39, 0.29) is 6.79 Å². The number of anilines is 2. The fourth-order valence-corrected chi connectivity index (χ4v) is 2.74. The summed E-state index contributed by atoms with van der Waals surface area (Å²) in [6.45, 7) is 0.236. The second kappa shape index (κ2) is 4.85. The normalized spacial score (nSPS) is 12.6. The van der Waals surface area contributed by atoms with E-state index in [2.05, 4.69) is 36.2 Å². The van der Waals surface area contributed by atoms with E-state index in [9.17, 15) is 0 Å². The van der Waals surface area contributed by atoms with Crippen LogP contribution in [0, 0.1) is 0 Å². The lowest BCUT2D eigenvalue weighted by Crippen LogP contribution is -1.96. The fraction of sp³-hybridized carbons (Fsp3) is 0.0714. The van der Waals surface area contributed by atoms with Crippen LogP contribution in [0.15, 0.2) is 41.4 Å². The van der Waals surface area contributed by atoms with Crippen LogP contribution in [0.25, 0.3) is 10.9 Å². The molecule has 0 spiro atoms. The molecule has 0 aliphatic carbocycles. The number of hydrogen-bond acceptors (Lipinski definition) is 6. The van der Waals surface area contributed by atoms with E-state index in [0.717, 1.165) is 26.8 Å². The average molecular weight is 345 g/mol. The van der Waals surface area contributed by atoms with Crippen molar-refractivity contribution in [2.75, 3.05) is 12.1 Å². The van der Waals surface area contributed by atoms with Crippen LogP contribution in [0.1, 0.15) is 0 Å². The van der Waals surface area contributed by atoms with Crippen molar-refractivity contribution in [3.8, 4) is 11.5 Å². The van der Waals surface area contributed by atoms with Gasteiger partial charge in [0.05, 0.1) is 16.2 Å². The topological polar surface area (TPSA) is 69.2 Å². The second-order valence-corrected chi connectivity index (χ2v) is 5.29. The third kappa shape index (κ3) is 2.15. The SMILES string of the molecule is Brc1cc(Nc2ncnc3cnccc23)cc2c1OCO2. The molecule has 1 aliphatic heterocycles. The average Bonchev–Trinajstić information content (AvgIpc) is 2.97. The maximum absolute atomic E-state index is 5.41. The molecule has 0 atom stereocenters. The number of benzene rings is 1. The lowest BCUT2D eigenvalue weighted by molar-refractivity contribution is 0.173. The van der Waals surface area contributed by atoms with Crippen molar-refractivity contribution < 1.29 is 9.47 Å². The standard InChI is InChI=1S/C14H9BrN4O2/c15-10-3-8(4-12-13(10)21-7-20-12)19-14-9-1-2-16-5-11(9)17-6-18-14/h1-6H,7H2,(H,17,18,19). The molecule has 0 unspecified atom stereocenters. The monoisotopic (exact) mass is 344 g/mol. The first kappa shape index (κ1) is 12.3. The Balaban J connectivity index is 1.77. The Hall–Kier alpha value is -2.41. The van der Waals surface area contributed by atoms with Crippen molar-refractivity contribution in [2.24, 2.45) is 0 Å². The Morgan fingerprint density at radius 3 is 3.10 bits per heavy atom. The summed E-state index contributed by atoms with van der Waals surface area (Å²) in [5.41, 5.74) is 1.64. The van der Waals surface area contributed by atoms with E-state index >= 15 is 0 Å². The second-order valence-electron chi connectivity index (χ2n) is 4.43. The summed E-state index contributed by atoms with van der Waals surface area (Å²) in [4.78, 5) is 12.5. The molecule has 3 heterocycles. The van der Waals surface area contributed by atoms with Crippen molar-refractivity contribution in [1.29, 1.82) is 0 Å². The number of nitrogens with one attached hydrogen (secondary N) is 1. The molecule has 21 heavy (non-hydrogen) atoms. The van der Waals surface area contributed by atoms with Crippen molar-refractivity contribution in [3.63, 3.8) is 0 Å². The number of rotatable bonds is 2. The van der Waals surface area contributed by atoms with E-state index < -0.39 is 0 Å². The summed E-state index contributed by atoms with van der Waals surface area (Å²) >= 11 is 3.47. The van der Waals surface area contributed by atoms with E-state index in [0.29, 0.717) is 11.6 Å². The Morgan fingerprint density at radius 1 is 1.19 bits per heavy atom. The summed E-state index contributed by atoms with van der Waals surface area (Å²) in [5, 5.41) is 4.18. The zero-order valence-corrected chi connectivity index (χ0v) is 12.3. The molecule has 0 bridgehead atoms. The Labute approximate surface area is 128 Å². The molecule has 0 saturated carbocycles. The van der Waals surface area contributed by atoms with Gasteiger partial charge >= 0.3 is 0 Å². The Bertz CT molecular complexity index is 835. The van der Waals surface area contributed by atoms with Crippen LogP contribution in [0.5, 0.6) is 11.5 Å². The maximum Gasteiger partial charge on any atom is 0.231 e. The van der Waals surface area contributed by atoms with Gasteiger partial charge in [0.25, 0.3) is 0 Å². The minimum atomic E-state index is 0.236. The van der Waals surface area contributed by atoms with Crippen molar-refractivity contribution >= 4 is 38.3 Å². The number of nitrogens with zero attached hydrogens (tertiary/aromatic N) is 3. The maximum atomic E-state index is 5.41. The number of hydrogen-bond donors (Lipinski definition) is 1. The molecule has 0 radical (unpaired) electrons. The van der Waals surface area contributed by atoms with Gasteiger partial charge in [-0.25, -0.2) is 9.97 Å². The van der Waals surface area contributed by atoms with Crippen molar-refractivity contribution in [2.45, 2.75) is 0 Å². The van der Waals surface area contributed by atoms with Gasteiger partial charge in [0, 0.05) is 23.3 Å². The zero-order valence-electron chi connectivity index (χ0n) is 10.7. The third-order valence-corrected chi connectivity index (χ3v) is 3.72. The van der Waals surface area contributed by atoms with Gasteiger partial charge in [0.1, 0.15) is 12.1 Å². The highest BCUT2D eigenvalue weighted by Gasteiger charge is 2.18. The van der Waals surface area contributed by atoms with Gasteiger partial charge in [-0.15, -0.1) is 0 Å². The van der Waals surface area contributed by atoms with Crippen LogP contribution in [0.4, 0.5) is 11.5 Å². The molecular formula is C14H9BrN4O2. The van der Waals surface area contributed by atoms with E-state index in [1.165, 1.54) is 6.33 Å². The third-order valence-electron chi connectivity index (χ3n) is 3.13. The highest BCUT2D eigenvalue weighted by atomic mass is 79.9. The Morgan fingerprint density at radius 2 is 2.14 bits per heavy atom. The van der Waals surface area contributed by atoms with Crippen molar-refractivity contribution in [3.05, 3.63) is 41.4 Å². The number of fused-ring (bicyclic) bond motifs is 2. The first-order chi connectivity index (χ1) is 10.3. The van der Waals surface area contributed by atoms with Crippen LogP contribution >= 0.6 is 15.9 Å². The minimum Gasteiger partial charge on any atom is -0.453 e. The van der Waals surface area contributed by atoms with Crippen molar-refractivity contribution in [1.82, 2.24) is 15.0 Å². The smallest absolute Gasteiger partial charge is 0.231 e. The molecule has 0 amide bonds. The fourth-order valence-electron chi connectivity index (χ4n) is 2.18. The zero-order chi connectivity index (χ0) is 14.2. The molecule has 0 saturated heterocycles. The van der Waals surface area contributed by atoms with Gasteiger partial charge in [-0.1, -0.05) is 0 Å². The number of ether oxygens (including phenoxy) is 2. The molecule has 2 aromatic heterocycles. The molecule has 0 fully saturated rings. The molecule has 1 aliphatic rings. The van der Waals surface area contributed by atoms with Gasteiger partial charge < -0.3 is 14.8 Å². The quantitative estimate of drug-likeness (QED) is 0.769. The lowest BCUT2D eigenvalue weighted by Gasteiger charge is -2.09. The van der Waals surface area contributed by atoms with Gasteiger partial charge in [-0.3, -0.25) is 4.98 Å².